The van der Waals surface area contributed by atoms with Crippen LogP contribution in [0.4, 0.5) is 11.4 Å². The van der Waals surface area contributed by atoms with E-state index in [1.165, 1.54) is 18.5 Å². The molecule has 2 fully saturated rings. The highest BCUT2D eigenvalue weighted by molar-refractivity contribution is 6.10. The van der Waals surface area contributed by atoms with Gasteiger partial charge in [0.1, 0.15) is 11.3 Å². The van der Waals surface area contributed by atoms with E-state index in [4.69, 9.17) is 4.42 Å². The Morgan fingerprint density at radius 3 is 2.34 bits per heavy atom. The van der Waals surface area contributed by atoms with Crippen LogP contribution in [0.3, 0.4) is 0 Å². The second-order valence-corrected chi connectivity index (χ2v) is 8.82. The van der Waals surface area contributed by atoms with Crippen LogP contribution in [0.1, 0.15) is 42.7 Å². The maximum Gasteiger partial charge on any atom is 0.291 e. The van der Waals surface area contributed by atoms with E-state index in [9.17, 15) is 9.59 Å². The zero-order valence-electron chi connectivity index (χ0n) is 18.3. The van der Waals surface area contributed by atoms with Gasteiger partial charge in [-0.15, -0.1) is 0 Å². The maximum atomic E-state index is 13.4. The van der Waals surface area contributed by atoms with Gasteiger partial charge >= 0.3 is 0 Å². The first-order valence-electron chi connectivity index (χ1n) is 11.6. The Balaban J connectivity index is 1.33. The van der Waals surface area contributed by atoms with Gasteiger partial charge in [0.2, 0.25) is 11.7 Å². The van der Waals surface area contributed by atoms with Crippen LogP contribution in [0.25, 0.3) is 11.0 Å². The van der Waals surface area contributed by atoms with Crippen molar-refractivity contribution in [1.29, 1.82) is 0 Å². The van der Waals surface area contributed by atoms with Gasteiger partial charge < -0.3 is 19.5 Å². The van der Waals surface area contributed by atoms with Gasteiger partial charge in [-0.25, -0.2) is 0 Å². The zero-order valence-corrected chi connectivity index (χ0v) is 18.3. The van der Waals surface area contributed by atoms with Crippen molar-refractivity contribution in [2.24, 2.45) is 5.92 Å². The third-order valence-electron chi connectivity index (χ3n) is 6.69. The summed E-state index contributed by atoms with van der Waals surface area (Å²) in [5, 5.41) is 3.80. The van der Waals surface area contributed by atoms with Crippen LogP contribution in [-0.4, -0.2) is 42.9 Å². The number of para-hydroxylation sites is 2. The maximum absolute atomic E-state index is 13.4. The van der Waals surface area contributed by atoms with Gasteiger partial charge in [-0.2, -0.15) is 0 Å². The lowest BCUT2D eigenvalue weighted by molar-refractivity contribution is -0.117. The van der Waals surface area contributed by atoms with Crippen LogP contribution in [0.15, 0.2) is 59.0 Å². The summed E-state index contributed by atoms with van der Waals surface area (Å²) in [5.74, 6) is 0.481. The van der Waals surface area contributed by atoms with E-state index in [-0.39, 0.29) is 17.6 Å². The Morgan fingerprint density at radius 2 is 1.59 bits per heavy atom. The minimum Gasteiger partial charge on any atom is -0.449 e. The number of amides is 2. The van der Waals surface area contributed by atoms with Crippen LogP contribution in [-0.2, 0) is 4.79 Å². The largest absolute Gasteiger partial charge is 0.449 e. The van der Waals surface area contributed by atoms with E-state index < -0.39 is 0 Å². The van der Waals surface area contributed by atoms with Crippen molar-refractivity contribution in [3.8, 4) is 0 Å². The molecule has 0 bridgehead atoms. The van der Waals surface area contributed by atoms with Crippen LogP contribution < -0.4 is 10.2 Å². The van der Waals surface area contributed by atoms with Gasteiger partial charge in [0.05, 0.1) is 0 Å². The van der Waals surface area contributed by atoms with Gasteiger partial charge in [0.15, 0.2) is 0 Å². The summed E-state index contributed by atoms with van der Waals surface area (Å²) >= 11 is 0. The number of benzene rings is 2. The minimum atomic E-state index is -0.162. The number of carbonyl (C=O) groups excluding carboxylic acids is 2. The molecular formula is C26H29N3O3. The summed E-state index contributed by atoms with van der Waals surface area (Å²) in [6.07, 6.45) is 5.12. The van der Waals surface area contributed by atoms with Crippen molar-refractivity contribution in [2.45, 2.75) is 32.1 Å². The number of carbonyl (C=O) groups is 2. The Labute approximate surface area is 188 Å². The number of anilines is 2. The molecule has 0 spiro atoms. The fourth-order valence-electron chi connectivity index (χ4n) is 4.94. The Bertz CT molecular complexity index is 1090. The number of hydrogen-bond acceptors (Lipinski definition) is 4. The van der Waals surface area contributed by atoms with Crippen molar-refractivity contribution in [3.63, 3.8) is 0 Å². The molecule has 5 rings (SSSR count). The molecule has 3 aromatic rings. The molecule has 1 aliphatic heterocycles. The number of piperazine rings is 1. The topological polar surface area (TPSA) is 65.8 Å². The number of nitrogens with one attached hydrogen (secondary N) is 1. The van der Waals surface area contributed by atoms with Gasteiger partial charge in [0.25, 0.3) is 5.91 Å². The van der Waals surface area contributed by atoms with Crippen molar-refractivity contribution in [3.05, 3.63) is 60.4 Å². The predicted octanol–water partition coefficient (Wildman–Crippen LogP) is 4.91. The van der Waals surface area contributed by atoms with Gasteiger partial charge in [0, 0.05) is 43.7 Å². The summed E-state index contributed by atoms with van der Waals surface area (Å²) < 4.78 is 5.98. The SMILES string of the molecule is O=C(CC1CCCC1)Nc1c(C(=O)N2CCN(c3ccccc3)CC2)oc2ccccc12. The van der Waals surface area contributed by atoms with E-state index in [0.717, 1.165) is 31.3 Å². The molecule has 6 heteroatoms. The van der Waals surface area contributed by atoms with Crippen molar-refractivity contribution < 1.29 is 14.0 Å². The first kappa shape index (κ1) is 20.6. The Kier molecular flexibility index (Phi) is 5.84. The smallest absolute Gasteiger partial charge is 0.291 e. The van der Waals surface area contributed by atoms with Crippen LogP contribution in [0.5, 0.6) is 0 Å². The third-order valence-corrected chi connectivity index (χ3v) is 6.69. The Morgan fingerprint density at radius 1 is 0.906 bits per heavy atom. The normalized spacial score (nSPS) is 17.1. The average molecular weight is 432 g/mol. The van der Waals surface area contributed by atoms with Crippen molar-refractivity contribution >= 4 is 34.2 Å². The minimum absolute atomic E-state index is 0.0357. The number of furan rings is 1. The summed E-state index contributed by atoms with van der Waals surface area (Å²) in [6.45, 7) is 2.75. The number of nitrogens with zero attached hydrogens (tertiary/aromatic N) is 2. The van der Waals surface area contributed by atoms with E-state index in [1.807, 2.05) is 47.4 Å². The molecule has 0 atom stereocenters. The first-order valence-corrected chi connectivity index (χ1v) is 11.6. The molecule has 1 aliphatic carbocycles. The van der Waals surface area contributed by atoms with E-state index in [1.54, 1.807) is 0 Å². The lowest BCUT2D eigenvalue weighted by Crippen LogP contribution is -2.48. The van der Waals surface area contributed by atoms with Crippen LogP contribution in [0.2, 0.25) is 0 Å². The predicted molar refractivity (Wildman–Crippen MR) is 126 cm³/mol. The quantitative estimate of drug-likeness (QED) is 0.623. The molecule has 0 radical (unpaired) electrons. The monoisotopic (exact) mass is 431 g/mol. The molecule has 6 nitrogen and oxygen atoms in total. The van der Waals surface area contributed by atoms with Gasteiger partial charge in [-0.3, -0.25) is 9.59 Å². The lowest BCUT2D eigenvalue weighted by Gasteiger charge is -2.35. The highest BCUT2D eigenvalue weighted by atomic mass is 16.3. The molecule has 166 valence electrons. The second-order valence-electron chi connectivity index (χ2n) is 8.82. The molecule has 2 aliphatic rings. The molecule has 2 heterocycles. The average Bonchev–Trinajstić information content (AvgIpc) is 3.47. The first-order chi connectivity index (χ1) is 15.7. The molecule has 2 amide bonds. The summed E-state index contributed by atoms with van der Waals surface area (Å²) in [5.41, 5.74) is 2.30. The summed E-state index contributed by atoms with van der Waals surface area (Å²) in [4.78, 5) is 30.3. The van der Waals surface area contributed by atoms with Gasteiger partial charge in [-0.05, 0) is 43.0 Å². The molecule has 32 heavy (non-hydrogen) atoms. The zero-order chi connectivity index (χ0) is 21.9. The highest BCUT2D eigenvalue weighted by Crippen LogP contribution is 2.33. The molecule has 2 aromatic carbocycles. The number of rotatable bonds is 5. The van der Waals surface area contributed by atoms with E-state index >= 15 is 0 Å². The molecular weight excluding hydrogens is 402 g/mol. The van der Waals surface area contributed by atoms with E-state index in [2.05, 4.69) is 22.3 Å². The highest BCUT2D eigenvalue weighted by Gasteiger charge is 2.29. The van der Waals surface area contributed by atoms with E-state index in [0.29, 0.717) is 36.7 Å². The molecule has 1 saturated heterocycles. The van der Waals surface area contributed by atoms with Crippen LogP contribution in [0, 0.1) is 5.92 Å². The fraction of sp³-hybridized carbons (Fsp3) is 0.385. The number of fused-ring (bicyclic) bond motifs is 1. The van der Waals surface area contributed by atoms with Gasteiger partial charge in [-0.1, -0.05) is 43.2 Å². The number of hydrogen-bond donors (Lipinski definition) is 1. The molecule has 1 N–H and O–H groups in total. The summed E-state index contributed by atoms with van der Waals surface area (Å²) in [6, 6.07) is 17.8. The fourth-order valence-corrected chi connectivity index (χ4v) is 4.94. The lowest BCUT2D eigenvalue weighted by atomic mass is 10.0. The Hall–Kier alpha value is -3.28. The standard InChI is InChI=1S/C26H29N3O3/c30-23(18-19-8-4-5-9-19)27-24-21-12-6-7-13-22(21)32-25(24)26(31)29-16-14-28(15-17-29)20-10-2-1-3-11-20/h1-3,6-7,10-13,19H,4-5,8-9,14-18H2,(H,27,30). The van der Waals surface area contributed by atoms with Crippen molar-refractivity contribution in [2.75, 3.05) is 36.4 Å². The van der Waals surface area contributed by atoms with Crippen molar-refractivity contribution in [1.82, 2.24) is 4.90 Å². The second kappa shape index (κ2) is 9.07. The molecule has 1 saturated carbocycles. The molecule has 0 unspecified atom stereocenters. The summed E-state index contributed by atoms with van der Waals surface area (Å²) in [7, 11) is 0. The van der Waals surface area contributed by atoms with Crippen LogP contribution >= 0.6 is 0 Å². The molecule has 1 aromatic heterocycles. The third kappa shape index (κ3) is 4.22.